The molecule has 8 heteroatoms. The van der Waals surface area contributed by atoms with Gasteiger partial charge in [-0.25, -0.2) is 0 Å². The Labute approximate surface area is 157 Å². The molecule has 150 valence electrons. The lowest BCUT2D eigenvalue weighted by atomic mass is 10.2. The van der Waals surface area contributed by atoms with Gasteiger partial charge in [-0.05, 0) is 43.8 Å². The van der Waals surface area contributed by atoms with Gasteiger partial charge in [0.1, 0.15) is 6.61 Å². The molecule has 1 aromatic rings. The lowest BCUT2D eigenvalue weighted by Crippen LogP contribution is -2.33. The molecule has 0 saturated carbocycles. The Bertz CT molecular complexity index is 646. The Morgan fingerprint density at radius 1 is 1.33 bits per heavy atom. The minimum Gasteiger partial charge on any atom is -0.493 e. The molecule has 0 saturated heterocycles. The number of alkyl halides is 3. The average Bonchev–Trinajstić information content (AvgIpc) is 2.60. The van der Waals surface area contributed by atoms with Crippen LogP contribution in [-0.2, 0) is 4.79 Å². The molecule has 0 aliphatic carbocycles. The molecule has 1 amide bonds. The highest BCUT2D eigenvalue weighted by Crippen LogP contribution is 2.28. The number of methoxy groups -OCH3 is 1. The molecular weight excluding hydrogens is 361 g/mol. The molecule has 0 aliphatic heterocycles. The minimum atomic E-state index is -4.21. The summed E-state index contributed by atoms with van der Waals surface area (Å²) < 4.78 is 47.3. The number of nitrogens with one attached hydrogen (secondary N) is 1. The molecule has 5 nitrogen and oxygen atoms in total. The highest BCUT2D eigenvalue weighted by molar-refractivity contribution is 5.91. The van der Waals surface area contributed by atoms with Crippen LogP contribution in [0.25, 0.3) is 6.08 Å². The molecule has 0 heterocycles. The average molecular weight is 386 g/mol. The van der Waals surface area contributed by atoms with Gasteiger partial charge in [-0.2, -0.15) is 13.2 Å². The third-order valence-corrected chi connectivity index (χ3v) is 3.44. The zero-order valence-corrected chi connectivity index (χ0v) is 15.5. The number of hydrogen-bond acceptors (Lipinski definition) is 4. The summed E-state index contributed by atoms with van der Waals surface area (Å²) in [5, 5.41) is 2.64. The SMILES string of the molecule is C=CCOc1ccc(/C=C/C(=O)NCCCN(C)CC(F)(F)F)cc1OC. The van der Waals surface area contributed by atoms with E-state index in [-0.39, 0.29) is 12.5 Å². The Balaban J connectivity index is 2.43. The standard InChI is InChI=1S/C19H25F3N2O3/c1-4-12-27-16-8-6-15(13-17(16)26-3)7-9-18(25)23-10-5-11-24(2)14-19(20,21)22/h4,6-9,13H,1,5,10-12,14H2,2-3H3,(H,23,25)/b9-7+. The minimum absolute atomic E-state index is 0.243. The van der Waals surface area contributed by atoms with E-state index in [9.17, 15) is 18.0 Å². The maximum Gasteiger partial charge on any atom is 0.401 e. The largest absolute Gasteiger partial charge is 0.493 e. The summed E-state index contributed by atoms with van der Waals surface area (Å²) in [6, 6.07) is 5.24. The number of carbonyl (C=O) groups excluding carboxylic acids is 1. The molecule has 0 unspecified atom stereocenters. The lowest BCUT2D eigenvalue weighted by molar-refractivity contribution is -0.143. The molecule has 0 aromatic heterocycles. The van der Waals surface area contributed by atoms with Crippen LogP contribution in [0.15, 0.2) is 36.9 Å². The van der Waals surface area contributed by atoms with E-state index in [1.165, 1.54) is 25.1 Å². The van der Waals surface area contributed by atoms with Gasteiger partial charge in [-0.1, -0.05) is 18.7 Å². The van der Waals surface area contributed by atoms with Crippen molar-refractivity contribution in [3.8, 4) is 11.5 Å². The first kappa shape index (κ1) is 22.6. The van der Waals surface area contributed by atoms with Crippen LogP contribution in [0.4, 0.5) is 13.2 Å². The predicted molar refractivity (Wildman–Crippen MR) is 98.9 cm³/mol. The number of rotatable bonds is 11. The first-order valence-electron chi connectivity index (χ1n) is 8.38. The van der Waals surface area contributed by atoms with E-state index in [4.69, 9.17) is 9.47 Å². The molecule has 0 bridgehead atoms. The van der Waals surface area contributed by atoms with Crippen LogP contribution >= 0.6 is 0 Å². The van der Waals surface area contributed by atoms with Crippen LogP contribution < -0.4 is 14.8 Å². The molecule has 0 spiro atoms. The van der Waals surface area contributed by atoms with E-state index >= 15 is 0 Å². The fourth-order valence-corrected chi connectivity index (χ4v) is 2.23. The topological polar surface area (TPSA) is 50.8 Å². The number of amides is 1. The van der Waals surface area contributed by atoms with Gasteiger partial charge in [0.2, 0.25) is 5.91 Å². The van der Waals surface area contributed by atoms with Crippen LogP contribution in [0.1, 0.15) is 12.0 Å². The Morgan fingerprint density at radius 3 is 2.70 bits per heavy atom. The van der Waals surface area contributed by atoms with Gasteiger partial charge >= 0.3 is 6.18 Å². The van der Waals surface area contributed by atoms with Crippen molar-refractivity contribution >= 4 is 12.0 Å². The normalized spacial score (nSPS) is 11.6. The van der Waals surface area contributed by atoms with E-state index in [0.717, 1.165) is 5.56 Å². The molecule has 0 aliphatic rings. The second-order valence-electron chi connectivity index (χ2n) is 5.84. The Hall–Kier alpha value is -2.48. The van der Waals surface area contributed by atoms with Crippen LogP contribution in [0.2, 0.25) is 0 Å². The first-order chi connectivity index (χ1) is 12.7. The van der Waals surface area contributed by atoms with Gasteiger partial charge in [0.25, 0.3) is 0 Å². The zero-order valence-electron chi connectivity index (χ0n) is 15.5. The third-order valence-electron chi connectivity index (χ3n) is 3.44. The van der Waals surface area contributed by atoms with Crippen LogP contribution in [0, 0.1) is 0 Å². The Morgan fingerprint density at radius 2 is 2.07 bits per heavy atom. The van der Waals surface area contributed by atoms with Crippen molar-refractivity contribution < 1.29 is 27.4 Å². The molecule has 27 heavy (non-hydrogen) atoms. The molecule has 1 N–H and O–H groups in total. The van der Waals surface area contributed by atoms with E-state index in [1.807, 2.05) is 0 Å². The predicted octanol–water partition coefficient (Wildman–Crippen LogP) is 3.27. The number of hydrogen-bond donors (Lipinski definition) is 1. The molecule has 0 radical (unpaired) electrons. The van der Waals surface area contributed by atoms with E-state index in [1.54, 1.807) is 30.4 Å². The lowest BCUT2D eigenvalue weighted by Gasteiger charge is -2.18. The van der Waals surface area contributed by atoms with Crippen molar-refractivity contribution in [3.63, 3.8) is 0 Å². The van der Waals surface area contributed by atoms with Crippen LogP contribution in [0.5, 0.6) is 11.5 Å². The quantitative estimate of drug-likeness (QED) is 0.360. The van der Waals surface area contributed by atoms with Crippen molar-refractivity contribution in [3.05, 3.63) is 42.5 Å². The van der Waals surface area contributed by atoms with E-state index in [0.29, 0.717) is 31.1 Å². The van der Waals surface area contributed by atoms with Crippen molar-refractivity contribution in [2.45, 2.75) is 12.6 Å². The number of carbonyl (C=O) groups is 1. The fourth-order valence-electron chi connectivity index (χ4n) is 2.23. The molecular formula is C19H25F3N2O3. The van der Waals surface area contributed by atoms with Crippen molar-refractivity contribution in [1.82, 2.24) is 10.2 Å². The Kier molecular flexibility index (Phi) is 9.42. The zero-order chi connectivity index (χ0) is 20.3. The fraction of sp³-hybridized carbons (Fsp3) is 0.421. The highest BCUT2D eigenvalue weighted by atomic mass is 19.4. The summed E-state index contributed by atoms with van der Waals surface area (Å²) in [5.74, 6) is 0.786. The first-order valence-corrected chi connectivity index (χ1v) is 8.38. The third kappa shape index (κ3) is 9.69. The second kappa shape index (κ2) is 11.3. The van der Waals surface area contributed by atoms with Gasteiger partial charge in [0, 0.05) is 12.6 Å². The smallest absolute Gasteiger partial charge is 0.401 e. The summed E-state index contributed by atoms with van der Waals surface area (Å²) in [6.07, 6.45) is 0.811. The summed E-state index contributed by atoms with van der Waals surface area (Å²) in [5.41, 5.74) is 0.748. The van der Waals surface area contributed by atoms with Crippen molar-refractivity contribution in [2.24, 2.45) is 0 Å². The summed E-state index contributed by atoms with van der Waals surface area (Å²) in [6.45, 7) is 3.51. The molecule has 0 atom stereocenters. The van der Waals surface area contributed by atoms with Gasteiger partial charge in [0.15, 0.2) is 11.5 Å². The summed E-state index contributed by atoms with van der Waals surface area (Å²) in [4.78, 5) is 13.0. The highest BCUT2D eigenvalue weighted by Gasteiger charge is 2.28. The second-order valence-corrected chi connectivity index (χ2v) is 5.84. The van der Waals surface area contributed by atoms with Crippen LogP contribution in [-0.4, -0.2) is 57.4 Å². The van der Waals surface area contributed by atoms with E-state index in [2.05, 4.69) is 11.9 Å². The molecule has 1 rings (SSSR count). The summed E-state index contributed by atoms with van der Waals surface area (Å²) >= 11 is 0. The number of benzene rings is 1. The van der Waals surface area contributed by atoms with Crippen molar-refractivity contribution in [2.75, 3.05) is 40.4 Å². The van der Waals surface area contributed by atoms with Crippen molar-refractivity contribution in [1.29, 1.82) is 0 Å². The maximum atomic E-state index is 12.2. The number of ether oxygens (including phenoxy) is 2. The monoisotopic (exact) mass is 386 g/mol. The molecule has 0 fully saturated rings. The number of halogens is 3. The molecule has 1 aromatic carbocycles. The van der Waals surface area contributed by atoms with E-state index < -0.39 is 12.7 Å². The summed E-state index contributed by atoms with van der Waals surface area (Å²) in [7, 11) is 2.91. The van der Waals surface area contributed by atoms with Gasteiger partial charge in [0.05, 0.1) is 13.7 Å². The van der Waals surface area contributed by atoms with Gasteiger partial charge < -0.3 is 14.8 Å². The maximum absolute atomic E-state index is 12.2. The van der Waals surface area contributed by atoms with Gasteiger partial charge in [-0.15, -0.1) is 0 Å². The van der Waals surface area contributed by atoms with Crippen LogP contribution in [0.3, 0.4) is 0 Å². The number of nitrogens with zero attached hydrogens (tertiary/aromatic N) is 1. The van der Waals surface area contributed by atoms with Gasteiger partial charge in [-0.3, -0.25) is 9.69 Å².